The summed E-state index contributed by atoms with van der Waals surface area (Å²) in [7, 11) is 1.62. The van der Waals surface area contributed by atoms with Crippen LogP contribution in [0.5, 0.6) is 5.75 Å². The van der Waals surface area contributed by atoms with Gasteiger partial charge in [0.15, 0.2) is 0 Å². The lowest BCUT2D eigenvalue weighted by molar-refractivity contribution is 0.415. The molecule has 0 spiro atoms. The molecule has 84 valence electrons. The molecule has 0 radical (unpaired) electrons. The third-order valence-electron chi connectivity index (χ3n) is 2.85. The molecule has 2 aromatic carbocycles. The van der Waals surface area contributed by atoms with Crippen molar-refractivity contribution in [3.63, 3.8) is 0 Å². The summed E-state index contributed by atoms with van der Waals surface area (Å²) in [5.41, 5.74) is 0.795. The molecule has 0 unspecified atom stereocenters. The standard InChI is InChI=1S/C14H10FNO/c1-17-11-3-4-12-9(6-11)8-16-14-5-2-10(15)7-13(12)14/h2-8H,1H3. The molecule has 2 nitrogen and oxygen atoms in total. The van der Waals surface area contributed by atoms with Gasteiger partial charge >= 0.3 is 0 Å². The Morgan fingerprint density at radius 1 is 1.06 bits per heavy atom. The molecule has 0 atom stereocenters. The first-order valence-electron chi connectivity index (χ1n) is 5.30. The lowest BCUT2D eigenvalue weighted by atomic mass is 10.1. The topological polar surface area (TPSA) is 22.1 Å². The highest BCUT2D eigenvalue weighted by atomic mass is 19.1. The number of hydrogen-bond acceptors (Lipinski definition) is 2. The Balaban J connectivity index is 2.42. The van der Waals surface area contributed by atoms with Crippen LogP contribution in [-0.4, -0.2) is 12.1 Å². The minimum Gasteiger partial charge on any atom is -0.497 e. The molecule has 0 amide bonds. The van der Waals surface area contributed by atoms with Crippen molar-refractivity contribution in [1.82, 2.24) is 4.98 Å². The normalized spacial score (nSPS) is 10.9. The van der Waals surface area contributed by atoms with E-state index < -0.39 is 0 Å². The summed E-state index contributed by atoms with van der Waals surface area (Å²) in [4.78, 5) is 4.30. The first-order valence-corrected chi connectivity index (χ1v) is 5.30. The fraction of sp³-hybridized carbons (Fsp3) is 0.0714. The van der Waals surface area contributed by atoms with Crippen molar-refractivity contribution < 1.29 is 9.13 Å². The van der Waals surface area contributed by atoms with E-state index in [0.717, 1.165) is 27.4 Å². The van der Waals surface area contributed by atoms with E-state index in [4.69, 9.17) is 4.74 Å². The number of nitrogens with zero attached hydrogens (tertiary/aromatic N) is 1. The number of aromatic nitrogens is 1. The van der Waals surface area contributed by atoms with Gasteiger partial charge in [0.25, 0.3) is 0 Å². The largest absolute Gasteiger partial charge is 0.497 e. The molecule has 0 saturated heterocycles. The monoisotopic (exact) mass is 227 g/mol. The SMILES string of the molecule is COc1ccc2c(cnc3ccc(F)cc32)c1. The summed E-state index contributed by atoms with van der Waals surface area (Å²) in [6, 6.07) is 10.3. The second kappa shape index (κ2) is 3.70. The molecule has 1 aromatic heterocycles. The van der Waals surface area contributed by atoms with Gasteiger partial charge in [0.2, 0.25) is 0 Å². The van der Waals surface area contributed by atoms with Gasteiger partial charge in [-0.05, 0) is 41.8 Å². The maximum Gasteiger partial charge on any atom is 0.123 e. The van der Waals surface area contributed by atoms with Crippen molar-refractivity contribution in [2.24, 2.45) is 0 Å². The van der Waals surface area contributed by atoms with Crippen molar-refractivity contribution in [2.75, 3.05) is 7.11 Å². The van der Waals surface area contributed by atoms with Gasteiger partial charge in [-0.3, -0.25) is 4.98 Å². The quantitative estimate of drug-likeness (QED) is 0.593. The van der Waals surface area contributed by atoms with Crippen molar-refractivity contribution >= 4 is 21.7 Å². The Morgan fingerprint density at radius 2 is 1.94 bits per heavy atom. The van der Waals surface area contributed by atoms with Crippen molar-refractivity contribution in [3.8, 4) is 5.75 Å². The highest BCUT2D eigenvalue weighted by Gasteiger charge is 2.04. The second-order valence-electron chi connectivity index (χ2n) is 3.87. The molecule has 0 bridgehead atoms. The number of methoxy groups -OCH3 is 1. The summed E-state index contributed by atoms with van der Waals surface area (Å²) >= 11 is 0. The van der Waals surface area contributed by atoms with E-state index in [9.17, 15) is 4.39 Å². The third-order valence-corrected chi connectivity index (χ3v) is 2.85. The van der Waals surface area contributed by atoms with E-state index >= 15 is 0 Å². The van der Waals surface area contributed by atoms with Gasteiger partial charge in [-0.1, -0.05) is 0 Å². The van der Waals surface area contributed by atoms with Crippen LogP contribution < -0.4 is 4.74 Å². The van der Waals surface area contributed by atoms with Gasteiger partial charge in [-0.25, -0.2) is 4.39 Å². The maximum atomic E-state index is 13.3. The number of ether oxygens (including phenoxy) is 1. The van der Waals surface area contributed by atoms with E-state index in [1.807, 2.05) is 18.2 Å². The van der Waals surface area contributed by atoms with Crippen molar-refractivity contribution in [2.45, 2.75) is 0 Å². The van der Waals surface area contributed by atoms with Crippen molar-refractivity contribution in [1.29, 1.82) is 0 Å². The average molecular weight is 227 g/mol. The van der Waals surface area contributed by atoms with E-state index in [1.165, 1.54) is 12.1 Å². The van der Waals surface area contributed by atoms with Crippen molar-refractivity contribution in [3.05, 3.63) is 48.4 Å². The zero-order valence-corrected chi connectivity index (χ0v) is 9.27. The van der Waals surface area contributed by atoms with Crippen LogP contribution in [0.2, 0.25) is 0 Å². The minimum absolute atomic E-state index is 0.248. The molecule has 3 heteroatoms. The van der Waals surface area contributed by atoms with Gasteiger partial charge in [0.1, 0.15) is 11.6 Å². The van der Waals surface area contributed by atoms with Crippen LogP contribution in [-0.2, 0) is 0 Å². The Labute approximate surface area is 97.7 Å². The summed E-state index contributed by atoms with van der Waals surface area (Å²) in [5.74, 6) is 0.526. The van der Waals surface area contributed by atoms with Gasteiger partial charge in [-0.15, -0.1) is 0 Å². The molecule has 0 aliphatic carbocycles. The smallest absolute Gasteiger partial charge is 0.123 e. The van der Waals surface area contributed by atoms with Crippen LogP contribution in [0, 0.1) is 5.82 Å². The molecule has 3 aromatic rings. The van der Waals surface area contributed by atoms with Crippen LogP contribution in [0.1, 0.15) is 0 Å². The summed E-state index contributed by atoms with van der Waals surface area (Å²) in [6.45, 7) is 0. The molecule has 3 rings (SSSR count). The molecule has 0 aliphatic heterocycles. The number of hydrogen-bond donors (Lipinski definition) is 0. The van der Waals surface area contributed by atoms with E-state index in [1.54, 1.807) is 19.4 Å². The average Bonchev–Trinajstić information content (AvgIpc) is 2.37. The first kappa shape index (κ1) is 10.0. The van der Waals surface area contributed by atoms with Crippen LogP contribution in [0.3, 0.4) is 0 Å². The Bertz CT molecular complexity index is 709. The minimum atomic E-state index is -0.248. The molecule has 0 aliphatic rings. The second-order valence-corrected chi connectivity index (χ2v) is 3.87. The molecule has 0 fully saturated rings. The molecule has 0 N–H and O–H groups in total. The Kier molecular flexibility index (Phi) is 2.18. The van der Waals surface area contributed by atoms with Crippen LogP contribution in [0.25, 0.3) is 21.7 Å². The first-order chi connectivity index (χ1) is 8.28. The van der Waals surface area contributed by atoms with Gasteiger partial charge in [-0.2, -0.15) is 0 Å². The fourth-order valence-corrected chi connectivity index (χ4v) is 2.00. The number of halogens is 1. The van der Waals surface area contributed by atoms with Gasteiger partial charge in [0.05, 0.1) is 12.6 Å². The third kappa shape index (κ3) is 1.60. The highest BCUT2D eigenvalue weighted by molar-refractivity contribution is 6.05. The highest BCUT2D eigenvalue weighted by Crippen LogP contribution is 2.27. The predicted molar refractivity (Wildman–Crippen MR) is 65.8 cm³/mol. The lowest BCUT2D eigenvalue weighted by Gasteiger charge is -2.05. The zero-order chi connectivity index (χ0) is 11.8. The zero-order valence-electron chi connectivity index (χ0n) is 9.27. The van der Waals surface area contributed by atoms with Gasteiger partial charge in [0, 0.05) is 17.0 Å². The van der Waals surface area contributed by atoms with Crippen LogP contribution in [0.15, 0.2) is 42.6 Å². The van der Waals surface area contributed by atoms with E-state index in [-0.39, 0.29) is 5.82 Å². The number of rotatable bonds is 1. The summed E-state index contributed by atoms with van der Waals surface area (Å²) in [6.07, 6.45) is 1.78. The molecule has 1 heterocycles. The van der Waals surface area contributed by atoms with E-state index in [0.29, 0.717) is 0 Å². The summed E-state index contributed by atoms with van der Waals surface area (Å²) in [5, 5.41) is 2.75. The number of benzene rings is 2. The maximum absolute atomic E-state index is 13.3. The number of fused-ring (bicyclic) bond motifs is 3. The van der Waals surface area contributed by atoms with E-state index in [2.05, 4.69) is 4.98 Å². The number of pyridine rings is 1. The fourth-order valence-electron chi connectivity index (χ4n) is 2.00. The Morgan fingerprint density at radius 3 is 2.76 bits per heavy atom. The van der Waals surface area contributed by atoms with Gasteiger partial charge < -0.3 is 4.74 Å². The Hall–Kier alpha value is -2.16. The predicted octanol–water partition coefficient (Wildman–Crippen LogP) is 3.54. The van der Waals surface area contributed by atoms with Crippen LogP contribution >= 0.6 is 0 Å². The molecule has 17 heavy (non-hydrogen) atoms. The molecular formula is C14H10FNO. The molecule has 0 saturated carbocycles. The summed E-state index contributed by atoms with van der Waals surface area (Å²) < 4.78 is 18.4. The lowest BCUT2D eigenvalue weighted by Crippen LogP contribution is -1.86. The molecular weight excluding hydrogens is 217 g/mol. The van der Waals surface area contributed by atoms with Crippen LogP contribution in [0.4, 0.5) is 4.39 Å².